The summed E-state index contributed by atoms with van der Waals surface area (Å²) in [6, 6.07) is 8.27. The molecule has 1 saturated carbocycles. The third-order valence-electron chi connectivity index (χ3n) is 4.33. The smallest absolute Gasteiger partial charge is 0.123 e. The second-order valence-electron chi connectivity index (χ2n) is 5.84. The van der Waals surface area contributed by atoms with Crippen molar-refractivity contribution in [2.75, 3.05) is 6.61 Å². The van der Waals surface area contributed by atoms with E-state index in [-0.39, 0.29) is 18.1 Å². The summed E-state index contributed by atoms with van der Waals surface area (Å²) in [5, 5.41) is 9.62. The molecule has 1 N–H and O–H groups in total. The van der Waals surface area contributed by atoms with E-state index in [0.29, 0.717) is 5.92 Å². The maximum absolute atomic E-state index is 9.62. The van der Waals surface area contributed by atoms with Crippen LogP contribution < -0.4 is 4.74 Å². The van der Waals surface area contributed by atoms with E-state index < -0.39 is 0 Å². The molecule has 92 valence electrons. The normalized spacial score (nSPS) is 26.1. The maximum Gasteiger partial charge on any atom is 0.123 e. The van der Waals surface area contributed by atoms with Gasteiger partial charge in [-0.2, -0.15) is 0 Å². The molecule has 0 spiro atoms. The van der Waals surface area contributed by atoms with Crippen molar-refractivity contribution in [3.63, 3.8) is 0 Å². The quantitative estimate of drug-likeness (QED) is 0.865. The molecule has 2 aliphatic rings. The fourth-order valence-electron chi connectivity index (χ4n) is 3.03. The molecule has 0 radical (unpaired) electrons. The zero-order valence-electron chi connectivity index (χ0n) is 10.4. The van der Waals surface area contributed by atoms with Gasteiger partial charge in [0.1, 0.15) is 11.9 Å². The first-order chi connectivity index (χ1) is 8.21. The minimum atomic E-state index is 0.0622. The molecule has 2 nitrogen and oxygen atoms in total. The van der Waals surface area contributed by atoms with E-state index in [1.807, 2.05) is 12.1 Å². The Hall–Kier alpha value is -1.02. The lowest BCUT2D eigenvalue weighted by molar-refractivity contribution is 0.0650. The minimum absolute atomic E-state index is 0.0622. The summed E-state index contributed by atoms with van der Waals surface area (Å²) in [6.45, 7) is 2.49. The highest BCUT2D eigenvalue weighted by molar-refractivity contribution is 5.37. The van der Waals surface area contributed by atoms with Gasteiger partial charge in [0.05, 0.1) is 0 Å². The van der Waals surface area contributed by atoms with Gasteiger partial charge in [0.25, 0.3) is 0 Å². The van der Waals surface area contributed by atoms with Gasteiger partial charge in [0.15, 0.2) is 0 Å². The SMILES string of the molecule is CC(CO)(CC1Cc2ccccc2O1)C1CC1. The molecule has 1 aliphatic heterocycles. The second-order valence-corrected chi connectivity index (χ2v) is 5.84. The third-order valence-corrected chi connectivity index (χ3v) is 4.33. The highest BCUT2D eigenvalue weighted by Gasteiger charge is 2.43. The zero-order valence-corrected chi connectivity index (χ0v) is 10.4. The van der Waals surface area contributed by atoms with E-state index in [2.05, 4.69) is 19.1 Å². The average molecular weight is 232 g/mol. The summed E-state index contributed by atoms with van der Waals surface area (Å²) in [4.78, 5) is 0. The number of benzene rings is 1. The summed E-state index contributed by atoms with van der Waals surface area (Å²) in [5.74, 6) is 1.74. The molecule has 1 fully saturated rings. The van der Waals surface area contributed by atoms with Crippen LogP contribution in [0, 0.1) is 11.3 Å². The van der Waals surface area contributed by atoms with Crippen LogP contribution in [-0.4, -0.2) is 17.8 Å². The van der Waals surface area contributed by atoms with Crippen molar-refractivity contribution in [1.82, 2.24) is 0 Å². The Bertz CT molecular complexity index is 386. The van der Waals surface area contributed by atoms with Crippen molar-refractivity contribution in [3.8, 4) is 5.75 Å². The Kier molecular flexibility index (Phi) is 2.62. The number of hydrogen-bond donors (Lipinski definition) is 1. The molecule has 17 heavy (non-hydrogen) atoms. The van der Waals surface area contributed by atoms with Gasteiger partial charge in [-0.25, -0.2) is 0 Å². The van der Waals surface area contributed by atoms with Crippen molar-refractivity contribution >= 4 is 0 Å². The molecule has 0 bridgehead atoms. The van der Waals surface area contributed by atoms with Crippen molar-refractivity contribution in [1.29, 1.82) is 0 Å². The number of aliphatic hydroxyl groups is 1. The van der Waals surface area contributed by atoms with E-state index >= 15 is 0 Å². The van der Waals surface area contributed by atoms with Gasteiger partial charge in [-0.3, -0.25) is 0 Å². The van der Waals surface area contributed by atoms with Crippen LogP contribution in [0.3, 0.4) is 0 Å². The number of ether oxygens (including phenoxy) is 1. The molecular formula is C15H20O2. The Balaban J connectivity index is 1.68. The molecule has 2 heteroatoms. The zero-order chi connectivity index (χ0) is 11.9. The van der Waals surface area contributed by atoms with Gasteiger partial charge in [0.2, 0.25) is 0 Å². The van der Waals surface area contributed by atoms with Crippen molar-refractivity contribution in [3.05, 3.63) is 29.8 Å². The van der Waals surface area contributed by atoms with Crippen LogP contribution in [0.1, 0.15) is 31.7 Å². The highest BCUT2D eigenvalue weighted by Crippen LogP contribution is 2.49. The fraction of sp³-hybridized carbons (Fsp3) is 0.600. The standard InChI is InChI=1S/C15H20O2/c1-15(10-16,12-6-7-12)9-13-8-11-4-2-3-5-14(11)17-13/h2-5,12-13,16H,6-10H2,1H3. The Labute approximate surface area is 103 Å². The van der Waals surface area contributed by atoms with Crippen molar-refractivity contribution in [2.45, 2.75) is 38.7 Å². The van der Waals surface area contributed by atoms with Crippen molar-refractivity contribution in [2.24, 2.45) is 11.3 Å². The number of fused-ring (bicyclic) bond motifs is 1. The molecule has 2 atom stereocenters. The van der Waals surface area contributed by atoms with E-state index in [1.54, 1.807) is 0 Å². The predicted molar refractivity (Wildman–Crippen MR) is 67.1 cm³/mol. The first-order valence-corrected chi connectivity index (χ1v) is 6.57. The number of para-hydroxylation sites is 1. The van der Waals surface area contributed by atoms with Gasteiger partial charge in [-0.1, -0.05) is 25.1 Å². The maximum atomic E-state index is 9.62. The summed E-state index contributed by atoms with van der Waals surface area (Å²) >= 11 is 0. The Morgan fingerprint density at radius 2 is 2.12 bits per heavy atom. The van der Waals surface area contributed by atoms with E-state index in [9.17, 15) is 5.11 Å². The van der Waals surface area contributed by atoms with Crippen LogP contribution in [0.25, 0.3) is 0 Å². The number of hydrogen-bond acceptors (Lipinski definition) is 2. The first kappa shape index (κ1) is 11.1. The summed E-state index contributed by atoms with van der Waals surface area (Å²) < 4.78 is 5.97. The molecule has 1 aliphatic carbocycles. The van der Waals surface area contributed by atoms with E-state index in [0.717, 1.165) is 18.6 Å². The van der Waals surface area contributed by atoms with Crippen LogP contribution in [0.4, 0.5) is 0 Å². The first-order valence-electron chi connectivity index (χ1n) is 6.57. The molecular weight excluding hydrogens is 212 g/mol. The molecule has 3 rings (SSSR count). The average Bonchev–Trinajstić information content (AvgIpc) is 3.11. The van der Waals surface area contributed by atoms with Crippen LogP contribution in [0.15, 0.2) is 24.3 Å². The monoisotopic (exact) mass is 232 g/mol. The lowest BCUT2D eigenvalue weighted by atomic mass is 9.79. The van der Waals surface area contributed by atoms with Crippen LogP contribution in [0.2, 0.25) is 0 Å². The van der Waals surface area contributed by atoms with Gasteiger partial charge >= 0.3 is 0 Å². The van der Waals surface area contributed by atoms with Gasteiger partial charge in [-0.15, -0.1) is 0 Å². The summed E-state index contributed by atoms with van der Waals surface area (Å²) in [7, 11) is 0. The minimum Gasteiger partial charge on any atom is -0.490 e. The lowest BCUT2D eigenvalue weighted by Gasteiger charge is -2.29. The Morgan fingerprint density at radius 1 is 1.35 bits per heavy atom. The van der Waals surface area contributed by atoms with Gasteiger partial charge in [0, 0.05) is 13.0 Å². The summed E-state index contributed by atoms with van der Waals surface area (Å²) in [5.41, 5.74) is 1.38. The summed E-state index contributed by atoms with van der Waals surface area (Å²) in [6.07, 6.45) is 4.78. The number of aliphatic hydroxyl groups excluding tert-OH is 1. The van der Waals surface area contributed by atoms with Gasteiger partial charge in [-0.05, 0) is 42.2 Å². The molecule has 0 saturated heterocycles. The van der Waals surface area contributed by atoms with Crippen LogP contribution in [-0.2, 0) is 6.42 Å². The Morgan fingerprint density at radius 3 is 2.76 bits per heavy atom. The molecule has 1 heterocycles. The van der Waals surface area contributed by atoms with Crippen LogP contribution >= 0.6 is 0 Å². The molecule has 2 unspecified atom stereocenters. The van der Waals surface area contributed by atoms with Crippen LogP contribution in [0.5, 0.6) is 5.75 Å². The highest BCUT2D eigenvalue weighted by atomic mass is 16.5. The van der Waals surface area contributed by atoms with E-state index in [1.165, 1.54) is 18.4 Å². The van der Waals surface area contributed by atoms with Gasteiger partial charge < -0.3 is 9.84 Å². The molecule has 1 aromatic rings. The largest absolute Gasteiger partial charge is 0.490 e. The molecule has 0 amide bonds. The lowest BCUT2D eigenvalue weighted by Crippen LogP contribution is -2.31. The number of rotatable bonds is 4. The van der Waals surface area contributed by atoms with Crippen molar-refractivity contribution < 1.29 is 9.84 Å². The third kappa shape index (κ3) is 2.06. The second kappa shape index (κ2) is 4.02. The fourth-order valence-corrected chi connectivity index (χ4v) is 3.03. The molecule has 0 aromatic heterocycles. The molecule has 1 aromatic carbocycles. The van der Waals surface area contributed by atoms with E-state index in [4.69, 9.17) is 4.74 Å². The topological polar surface area (TPSA) is 29.5 Å². The predicted octanol–water partition coefficient (Wildman–Crippen LogP) is 2.79.